The zero-order valence-electron chi connectivity index (χ0n) is 16.9. The van der Waals surface area contributed by atoms with Crippen molar-refractivity contribution in [2.75, 3.05) is 0 Å². The molecule has 30 heavy (non-hydrogen) atoms. The molecule has 0 spiro atoms. The van der Waals surface area contributed by atoms with Gasteiger partial charge in [-0.25, -0.2) is 8.42 Å². The summed E-state index contributed by atoms with van der Waals surface area (Å²) in [5.41, 5.74) is 7.48. The van der Waals surface area contributed by atoms with Crippen molar-refractivity contribution in [3.8, 4) is 0 Å². The summed E-state index contributed by atoms with van der Waals surface area (Å²) < 4.78 is 29.2. The van der Waals surface area contributed by atoms with Crippen molar-refractivity contribution >= 4 is 21.7 Å². The molecule has 4 heteroatoms. The Morgan fingerprint density at radius 2 is 1.47 bits per heavy atom. The summed E-state index contributed by atoms with van der Waals surface area (Å²) >= 11 is 0. The Balaban J connectivity index is 1.72. The number of allylic oxidation sites excluding steroid dienone is 2. The van der Waals surface area contributed by atoms with Crippen molar-refractivity contribution in [3.05, 3.63) is 112 Å². The average molecular weight is 414 g/mol. The van der Waals surface area contributed by atoms with E-state index in [1.165, 1.54) is 11.1 Å². The van der Waals surface area contributed by atoms with Crippen molar-refractivity contribution in [3.63, 3.8) is 0 Å². The van der Waals surface area contributed by atoms with Gasteiger partial charge in [-0.15, -0.1) is 0 Å². The van der Waals surface area contributed by atoms with Gasteiger partial charge in [0.05, 0.1) is 17.1 Å². The highest BCUT2D eigenvalue weighted by atomic mass is 32.2. The Hall–Kier alpha value is -3.11. The van der Waals surface area contributed by atoms with E-state index >= 15 is 0 Å². The van der Waals surface area contributed by atoms with Gasteiger partial charge in [-0.3, -0.25) is 4.31 Å². The maximum Gasteiger partial charge on any atom is 0.264 e. The van der Waals surface area contributed by atoms with E-state index in [0.717, 1.165) is 40.8 Å². The average Bonchev–Trinajstić information content (AvgIpc) is 2.81. The van der Waals surface area contributed by atoms with Crippen LogP contribution in [0.25, 0.3) is 11.6 Å². The Morgan fingerprint density at radius 1 is 0.800 bits per heavy atom. The molecule has 0 saturated carbocycles. The van der Waals surface area contributed by atoms with Gasteiger partial charge in [0.15, 0.2) is 0 Å². The van der Waals surface area contributed by atoms with Gasteiger partial charge in [-0.05, 0) is 65.8 Å². The molecule has 0 atom stereocenters. The largest absolute Gasteiger partial charge is 0.264 e. The molecule has 0 saturated heterocycles. The quantitative estimate of drug-likeness (QED) is 0.545. The highest BCUT2D eigenvalue weighted by molar-refractivity contribution is 7.89. The third kappa shape index (κ3) is 3.17. The van der Waals surface area contributed by atoms with Crippen molar-refractivity contribution < 1.29 is 8.42 Å². The van der Waals surface area contributed by atoms with Crippen LogP contribution in [0.15, 0.2) is 95.0 Å². The second kappa shape index (κ2) is 7.29. The molecule has 3 aromatic rings. The standard InChI is InChI=1S/C26H23NO2S/c1-19-11-13-22(14-12-19)30(28,29)27-18-21-9-5-6-10-23(21)24-15-16-25(24)26(27)17-20-7-3-2-4-8-20/h2-14,17H,15-16,18H2,1H3/b26-17-. The number of fused-ring (bicyclic) bond motifs is 2. The fourth-order valence-corrected chi connectivity index (χ4v) is 5.68. The number of aryl methyl sites for hydroxylation is 1. The molecule has 150 valence electrons. The van der Waals surface area contributed by atoms with Crippen molar-refractivity contribution in [2.24, 2.45) is 0 Å². The lowest BCUT2D eigenvalue weighted by Crippen LogP contribution is -2.31. The maximum absolute atomic E-state index is 13.8. The van der Waals surface area contributed by atoms with Crippen molar-refractivity contribution in [1.29, 1.82) is 0 Å². The third-order valence-corrected chi connectivity index (χ3v) is 7.71. The van der Waals surface area contributed by atoms with Gasteiger partial charge in [-0.1, -0.05) is 72.3 Å². The van der Waals surface area contributed by atoms with Crippen LogP contribution in [-0.2, 0) is 16.6 Å². The van der Waals surface area contributed by atoms with Gasteiger partial charge in [0.2, 0.25) is 0 Å². The molecule has 0 amide bonds. The minimum Gasteiger partial charge on any atom is -0.262 e. The van der Waals surface area contributed by atoms with Gasteiger partial charge >= 0.3 is 0 Å². The monoisotopic (exact) mass is 413 g/mol. The number of sulfonamides is 1. The highest BCUT2D eigenvalue weighted by Gasteiger charge is 2.36. The van der Waals surface area contributed by atoms with Gasteiger partial charge in [0, 0.05) is 0 Å². The van der Waals surface area contributed by atoms with Crippen molar-refractivity contribution in [1.82, 2.24) is 4.31 Å². The topological polar surface area (TPSA) is 37.4 Å². The molecule has 0 N–H and O–H groups in total. The van der Waals surface area contributed by atoms with E-state index in [4.69, 9.17) is 0 Å². The molecular weight excluding hydrogens is 390 g/mol. The van der Waals surface area contributed by atoms with E-state index in [0.29, 0.717) is 11.4 Å². The zero-order chi connectivity index (χ0) is 20.7. The summed E-state index contributed by atoms with van der Waals surface area (Å²) in [6, 6.07) is 25.3. The molecule has 3 nitrogen and oxygen atoms in total. The first-order valence-corrected chi connectivity index (χ1v) is 11.6. The lowest BCUT2D eigenvalue weighted by Gasteiger charge is -2.30. The first-order valence-electron chi connectivity index (χ1n) is 10.2. The number of benzene rings is 3. The van der Waals surface area contributed by atoms with Gasteiger partial charge in [0.1, 0.15) is 0 Å². The van der Waals surface area contributed by atoms with Crippen LogP contribution in [-0.4, -0.2) is 12.7 Å². The van der Waals surface area contributed by atoms with Gasteiger partial charge < -0.3 is 0 Å². The number of nitrogens with zero attached hydrogens (tertiary/aromatic N) is 1. The molecule has 1 heterocycles. The first-order chi connectivity index (χ1) is 14.5. The van der Waals surface area contributed by atoms with Gasteiger partial charge in [-0.2, -0.15) is 0 Å². The molecule has 1 aliphatic heterocycles. The molecule has 3 aromatic carbocycles. The summed E-state index contributed by atoms with van der Waals surface area (Å²) in [5, 5.41) is 0. The van der Waals surface area contributed by atoms with E-state index in [1.807, 2.05) is 73.7 Å². The van der Waals surface area contributed by atoms with Crippen LogP contribution in [0.1, 0.15) is 35.1 Å². The van der Waals surface area contributed by atoms with E-state index < -0.39 is 10.0 Å². The summed E-state index contributed by atoms with van der Waals surface area (Å²) in [4.78, 5) is 0.327. The number of hydrogen-bond donors (Lipinski definition) is 0. The van der Waals surface area contributed by atoms with Crippen LogP contribution >= 0.6 is 0 Å². The van der Waals surface area contributed by atoms with Crippen LogP contribution < -0.4 is 0 Å². The number of rotatable bonds is 3. The van der Waals surface area contributed by atoms with E-state index in [2.05, 4.69) is 6.07 Å². The fraction of sp³-hybridized carbons (Fsp3) is 0.154. The fourth-order valence-electron chi connectivity index (χ4n) is 4.22. The molecule has 0 fully saturated rings. The molecule has 0 radical (unpaired) electrons. The summed E-state index contributed by atoms with van der Waals surface area (Å²) in [6.07, 6.45) is 3.89. The van der Waals surface area contributed by atoms with Crippen LogP contribution in [0.4, 0.5) is 0 Å². The maximum atomic E-state index is 13.8. The molecule has 0 aromatic heterocycles. The minimum absolute atomic E-state index is 0.327. The molecule has 1 aliphatic carbocycles. The SMILES string of the molecule is Cc1ccc(S(=O)(=O)N2Cc3ccccc3C3=C(CC3)/C2=C/c2ccccc2)cc1. The van der Waals surface area contributed by atoms with E-state index in [1.54, 1.807) is 16.4 Å². The van der Waals surface area contributed by atoms with Crippen LogP contribution in [0, 0.1) is 6.92 Å². The predicted molar refractivity (Wildman–Crippen MR) is 121 cm³/mol. The minimum atomic E-state index is -3.71. The summed E-state index contributed by atoms with van der Waals surface area (Å²) in [5.74, 6) is 0. The Kier molecular flexibility index (Phi) is 4.59. The molecule has 2 aliphatic rings. The first kappa shape index (κ1) is 18.9. The molecule has 5 rings (SSSR count). The van der Waals surface area contributed by atoms with Gasteiger partial charge in [0.25, 0.3) is 10.0 Å². The lowest BCUT2D eigenvalue weighted by molar-refractivity contribution is 0.477. The summed E-state index contributed by atoms with van der Waals surface area (Å²) in [6.45, 7) is 2.29. The van der Waals surface area contributed by atoms with Crippen LogP contribution in [0.3, 0.4) is 0 Å². The normalized spacial score (nSPS) is 17.2. The molecule has 0 bridgehead atoms. The Labute approximate surface area is 178 Å². The second-order valence-corrected chi connectivity index (χ2v) is 9.74. The lowest BCUT2D eigenvalue weighted by atomic mass is 9.81. The molecule has 0 unspecified atom stereocenters. The Bertz CT molecular complexity index is 1270. The third-order valence-electron chi connectivity index (χ3n) is 5.94. The van der Waals surface area contributed by atoms with Crippen LogP contribution in [0.2, 0.25) is 0 Å². The smallest absolute Gasteiger partial charge is 0.262 e. The Morgan fingerprint density at radius 3 is 2.17 bits per heavy atom. The highest BCUT2D eigenvalue weighted by Crippen LogP contribution is 2.47. The molecular formula is C26H23NO2S. The van der Waals surface area contributed by atoms with E-state index in [-0.39, 0.29) is 0 Å². The second-order valence-electron chi connectivity index (χ2n) is 7.88. The van der Waals surface area contributed by atoms with E-state index in [9.17, 15) is 8.42 Å². The van der Waals surface area contributed by atoms with Crippen molar-refractivity contribution in [2.45, 2.75) is 31.2 Å². The number of hydrogen-bond acceptors (Lipinski definition) is 2. The summed E-state index contributed by atoms with van der Waals surface area (Å²) in [7, 11) is -3.71. The predicted octanol–water partition coefficient (Wildman–Crippen LogP) is 5.79. The zero-order valence-corrected chi connectivity index (χ0v) is 17.7. The van der Waals surface area contributed by atoms with Crippen LogP contribution in [0.5, 0.6) is 0 Å².